The van der Waals surface area contributed by atoms with Crippen LogP contribution in [0.5, 0.6) is 5.75 Å². The molecule has 0 radical (unpaired) electrons. The third-order valence-electron chi connectivity index (χ3n) is 5.80. The van der Waals surface area contributed by atoms with E-state index in [4.69, 9.17) is 18.9 Å². The summed E-state index contributed by atoms with van der Waals surface area (Å²) in [6.45, 7) is 7.81. The number of furan rings is 1. The molecule has 2 aliphatic heterocycles. The molecule has 1 atom stereocenters. The van der Waals surface area contributed by atoms with E-state index in [1.165, 1.54) is 11.1 Å². The summed E-state index contributed by atoms with van der Waals surface area (Å²) in [6, 6.07) is 12.4. The highest BCUT2D eigenvalue weighted by molar-refractivity contribution is 5.81. The first-order chi connectivity index (χ1) is 15.3. The van der Waals surface area contributed by atoms with Crippen LogP contribution in [0.4, 0.5) is 0 Å². The molecule has 0 spiro atoms. The zero-order chi connectivity index (χ0) is 21.3. The van der Waals surface area contributed by atoms with Crippen molar-refractivity contribution >= 4 is 11.5 Å². The molecule has 1 fully saturated rings. The fourth-order valence-corrected chi connectivity index (χ4v) is 4.02. The summed E-state index contributed by atoms with van der Waals surface area (Å²) in [6.07, 6.45) is 6.99. The van der Waals surface area contributed by atoms with Crippen LogP contribution in [0.25, 0.3) is 5.57 Å². The van der Waals surface area contributed by atoms with Crippen LogP contribution >= 0.6 is 0 Å². The third kappa shape index (κ3) is 6.14. The van der Waals surface area contributed by atoms with E-state index < -0.39 is 0 Å². The average Bonchev–Trinajstić information content (AvgIpc) is 3.52. The van der Waals surface area contributed by atoms with E-state index in [9.17, 15) is 0 Å². The number of aliphatic imine (C=N–C) groups is 1. The lowest BCUT2D eigenvalue weighted by Crippen LogP contribution is -2.44. The van der Waals surface area contributed by atoms with Crippen LogP contribution in [0.2, 0.25) is 0 Å². The molecule has 166 valence electrons. The predicted molar refractivity (Wildman–Crippen MR) is 123 cm³/mol. The summed E-state index contributed by atoms with van der Waals surface area (Å²) in [4.78, 5) is 7.30. The number of hydrogen-bond acceptors (Lipinski definition) is 4. The summed E-state index contributed by atoms with van der Waals surface area (Å²) < 4.78 is 16.5. The maximum Gasteiger partial charge on any atom is 0.194 e. The molecule has 3 heterocycles. The predicted octanol–water partition coefficient (Wildman–Crippen LogP) is 3.99. The average molecular weight is 424 g/mol. The van der Waals surface area contributed by atoms with Crippen molar-refractivity contribution in [2.75, 3.05) is 46.0 Å². The number of nitrogens with zero attached hydrogens (tertiary/aromatic N) is 2. The molecule has 2 aromatic rings. The second kappa shape index (κ2) is 11.0. The number of nitrogens with one attached hydrogen (secondary N) is 1. The SMILES string of the molecule is CCOc1ccc(C2=CCN(C(=NCC3CCOC3)NCCc3ccco3)CC2)cc1. The van der Waals surface area contributed by atoms with Crippen molar-refractivity contribution in [3.8, 4) is 5.75 Å². The maximum atomic E-state index is 5.56. The first kappa shape index (κ1) is 21.5. The van der Waals surface area contributed by atoms with Crippen molar-refractivity contribution in [1.29, 1.82) is 0 Å². The molecule has 1 aromatic heterocycles. The fourth-order valence-electron chi connectivity index (χ4n) is 4.02. The van der Waals surface area contributed by atoms with Gasteiger partial charge in [0, 0.05) is 45.1 Å². The Morgan fingerprint density at radius 1 is 1.26 bits per heavy atom. The van der Waals surface area contributed by atoms with Crippen molar-refractivity contribution in [3.63, 3.8) is 0 Å². The number of hydrogen-bond donors (Lipinski definition) is 1. The van der Waals surface area contributed by atoms with Crippen LogP contribution in [-0.4, -0.2) is 56.9 Å². The van der Waals surface area contributed by atoms with Crippen molar-refractivity contribution < 1.29 is 13.9 Å². The Morgan fingerprint density at radius 2 is 2.16 bits per heavy atom. The van der Waals surface area contributed by atoms with Crippen molar-refractivity contribution in [3.05, 3.63) is 60.1 Å². The molecule has 2 aliphatic rings. The Kier molecular flexibility index (Phi) is 7.66. The Morgan fingerprint density at radius 3 is 2.84 bits per heavy atom. The summed E-state index contributed by atoms with van der Waals surface area (Å²) in [5, 5.41) is 3.56. The van der Waals surface area contributed by atoms with Gasteiger partial charge in [-0.2, -0.15) is 0 Å². The number of benzene rings is 1. The van der Waals surface area contributed by atoms with Crippen LogP contribution in [0, 0.1) is 5.92 Å². The highest BCUT2D eigenvalue weighted by Gasteiger charge is 2.19. The number of ether oxygens (including phenoxy) is 2. The number of rotatable bonds is 8. The fraction of sp³-hybridized carbons (Fsp3) is 0.480. The van der Waals surface area contributed by atoms with Crippen LogP contribution in [-0.2, 0) is 11.2 Å². The monoisotopic (exact) mass is 423 g/mol. The molecule has 1 saturated heterocycles. The molecule has 4 rings (SSSR count). The highest BCUT2D eigenvalue weighted by atomic mass is 16.5. The Hall–Kier alpha value is -2.73. The Bertz CT molecular complexity index is 853. The van der Waals surface area contributed by atoms with Crippen LogP contribution in [0.15, 0.2) is 58.1 Å². The van der Waals surface area contributed by atoms with Gasteiger partial charge in [-0.15, -0.1) is 0 Å². The van der Waals surface area contributed by atoms with Crippen molar-refractivity contribution in [2.45, 2.75) is 26.2 Å². The largest absolute Gasteiger partial charge is 0.494 e. The van der Waals surface area contributed by atoms with E-state index in [1.54, 1.807) is 6.26 Å². The molecule has 1 unspecified atom stereocenters. The van der Waals surface area contributed by atoms with Crippen molar-refractivity contribution in [2.24, 2.45) is 10.9 Å². The summed E-state index contributed by atoms with van der Waals surface area (Å²) in [7, 11) is 0. The van der Waals surface area contributed by atoms with Crippen molar-refractivity contribution in [1.82, 2.24) is 10.2 Å². The standard InChI is InChI=1S/C25H33N3O3/c1-2-30-24-7-5-21(6-8-24)22-10-14-28(15-11-22)25(27-18-20-12-17-29-19-20)26-13-9-23-4-3-16-31-23/h3-8,10,16,20H,2,9,11-15,17-19H2,1H3,(H,26,27). The summed E-state index contributed by atoms with van der Waals surface area (Å²) >= 11 is 0. The topological polar surface area (TPSA) is 59.2 Å². The van der Waals surface area contributed by atoms with Gasteiger partial charge < -0.3 is 24.1 Å². The minimum Gasteiger partial charge on any atom is -0.494 e. The first-order valence-corrected chi connectivity index (χ1v) is 11.4. The van der Waals surface area contributed by atoms with Gasteiger partial charge in [0.1, 0.15) is 11.5 Å². The van der Waals surface area contributed by atoms with E-state index in [2.05, 4.69) is 40.6 Å². The summed E-state index contributed by atoms with van der Waals surface area (Å²) in [5.41, 5.74) is 2.66. The van der Waals surface area contributed by atoms with E-state index in [0.717, 1.165) is 76.1 Å². The molecule has 0 amide bonds. The molecule has 1 N–H and O–H groups in total. The number of guanidine groups is 1. The van der Waals surface area contributed by atoms with Crippen LogP contribution in [0.1, 0.15) is 31.1 Å². The van der Waals surface area contributed by atoms with Gasteiger partial charge in [0.05, 0.1) is 19.5 Å². The van der Waals surface area contributed by atoms with E-state index >= 15 is 0 Å². The van der Waals surface area contributed by atoms with E-state index in [-0.39, 0.29) is 0 Å². The van der Waals surface area contributed by atoms with Crippen LogP contribution < -0.4 is 10.1 Å². The highest BCUT2D eigenvalue weighted by Crippen LogP contribution is 2.24. The molecular formula is C25H33N3O3. The zero-order valence-corrected chi connectivity index (χ0v) is 18.4. The van der Waals surface area contributed by atoms with Gasteiger partial charge in [-0.3, -0.25) is 4.99 Å². The molecule has 0 saturated carbocycles. The van der Waals surface area contributed by atoms with Gasteiger partial charge in [0.15, 0.2) is 5.96 Å². The van der Waals surface area contributed by atoms with E-state index in [0.29, 0.717) is 12.5 Å². The molecule has 0 bridgehead atoms. The first-order valence-electron chi connectivity index (χ1n) is 11.4. The smallest absolute Gasteiger partial charge is 0.194 e. The van der Waals surface area contributed by atoms with Gasteiger partial charge in [0.25, 0.3) is 0 Å². The van der Waals surface area contributed by atoms with Gasteiger partial charge in [0.2, 0.25) is 0 Å². The Balaban J connectivity index is 1.38. The molecule has 0 aliphatic carbocycles. The second-order valence-electron chi connectivity index (χ2n) is 8.03. The molecule has 6 heteroatoms. The lowest BCUT2D eigenvalue weighted by molar-refractivity contribution is 0.187. The Labute approximate surface area is 184 Å². The van der Waals surface area contributed by atoms with Crippen LogP contribution in [0.3, 0.4) is 0 Å². The second-order valence-corrected chi connectivity index (χ2v) is 8.03. The van der Waals surface area contributed by atoms with Gasteiger partial charge in [-0.05, 0) is 55.2 Å². The minimum atomic E-state index is 0.529. The molecule has 6 nitrogen and oxygen atoms in total. The lowest BCUT2D eigenvalue weighted by Gasteiger charge is -2.30. The molecule has 31 heavy (non-hydrogen) atoms. The lowest BCUT2D eigenvalue weighted by atomic mass is 9.99. The van der Waals surface area contributed by atoms with E-state index in [1.807, 2.05) is 19.1 Å². The quantitative estimate of drug-likeness (QED) is 0.514. The minimum absolute atomic E-state index is 0.529. The van der Waals surface area contributed by atoms with Gasteiger partial charge >= 0.3 is 0 Å². The zero-order valence-electron chi connectivity index (χ0n) is 18.4. The van der Waals surface area contributed by atoms with Gasteiger partial charge in [-0.25, -0.2) is 0 Å². The molecular weight excluding hydrogens is 390 g/mol. The maximum absolute atomic E-state index is 5.56. The molecule has 1 aromatic carbocycles. The summed E-state index contributed by atoms with van der Waals surface area (Å²) in [5.74, 6) is 3.43. The van der Waals surface area contributed by atoms with Gasteiger partial charge in [-0.1, -0.05) is 18.2 Å². The normalized spacial score (nSPS) is 19.4. The third-order valence-corrected chi connectivity index (χ3v) is 5.80.